The third-order valence-electron chi connectivity index (χ3n) is 4.75. The van der Waals surface area contributed by atoms with E-state index in [2.05, 4.69) is 6.92 Å². The molecule has 0 saturated carbocycles. The molecule has 0 N–H and O–H groups in total. The van der Waals surface area contributed by atoms with Crippen LogP contribution in [0.2, 0.25) is 0 Å². The normalized spacial score (nSPS) is 9.71. The number of benzene rings is 2. The van der Waals surface area contributed by atoms with E-state index in [1.807, 2.05) is 18.2 Å². The van der Waals surface area contributed by atoms with E-state index < -0.39 is 5.97 Å². The Morgan fingerprint density at radius 2 is 1.10 bits per heavy atom. The minimum atomic E-state index is -1.13. The second kappa shape index (κ2) is 20.3. The monoisotopic (exact) mass is 434 g/mol. The molecule has 0 fully saturated rings. The van der Waals surface area contributed by atoms with E-state index in [0.29, 0.717) is 12.2 Å². The predicted octanol–water partition coefficient (Wildman–Crippen LogP) is 2.82. The molecule has 0 bridgehead atoms. The number of carboxylic acid groups (broad SMARTS) is 1. The second-order valence-corrected chi connectivity index (χ2v) is 7.34. The average Bonchev–Trinajstić information content (AvgIpc) is 2.79. The van der Waals surface area contributed by atoms with Crippen molar-refractivity contribution in [2.45, 2.75) is 71.1 Å². The van der Waals surface area contributed by atoms with Crippen LogP contribution in [0.4, 0.5) is 0 Å². The molecule has 2 aromatic carbocycles. The van der Waals surface area contributed by atoms with Crippen LogP contribution < -0.4 is 34.7 Å². The van der Waals surface area contributed by atoms with Crippen LogP contribution in [0.25, 0.3) is 0 Å². The Balaban J connectivity index is 0.000000753. The predicted molar refractivity (Wildman–Crippen MR) is 119 cm³/mol. The molecule has 0 aliphatic rings. The van der Waals surface area contributed by atoms with Gasteiger partial charge in [-0.3, -0.25) is 0 Å². The minimum Gasteiger partial charge on any atom is -0.545 e. The summed E-state index contributed by atoms with van der Waals surface area (Å²) in [5, 5.41) is 10.1. The van der Waals surface area contributed by atoms with Gasteiger partial charge in [-0.2, -0.15) is 0 Å². The first kappa shape index (κ1) is 29.4. The van der Waals surface area contributed by atoms with E-state index in [1.165, 1.54) is 63.5 Å². The molecule has 0 aliphatic carbocycles. The summed E-state index contributed by atoms with van der Waals surface area (Å²) in [6, 6.07) is 17.3. The van der Waals surface area contributed by atoms with Gasteiger partial charge >= 0.3 is 35.5 Å². The summed E-state index contributed by atoms with van der Waals surface area (Å²) in [6.07, 6.45) is 12.9. The van der Waals surface area contributed by atoms with E-state index in [4.69, 9.17) is 4.74 Å². The van der Waals surface area contributed by atoms with Crippen molar-refractivity contribution in [2.24, 2.45) is 0 Å². The summed E-state index contributed by atoms with van der Waals surface area (Å²) < 4.78 is 5.26. The zero-order chi connectivity index (χ0) is 21.9. The molecular formula is C26H35NaO4. The van der Waals surface area contributed by atoms with E-state index in [9.17, 15) is 14.7 Å². The molecule has 164 valence electrons. The molecule has 0 aliphatic heterocycles. The zero-order valence-electron chi connectivity index (χ0n) is 19.2. The van der Waals surface area contributed by atoms with Gasteiger partial charge in [0.1, 0.15) is 0 Å². The maximum Gasteiger partial charge on any atom is 1.00 e. The van der Waals surface area contributed by atoms with Gasteiger partial charge in [-0.15, -0.1) is 0 Å². The van der Waals surface area contributed by atoms with E-state index in [0.717, 1.165) is 12.8 Å². The molecule has 0 heterocycles. The fourth-order valence-electron chi connectivity index (χ4n) is 2.99. The van der Waals surface area contributed by atoms with Crippen molar-refractivity contribution in [1.82, 2.24) is 0 Å². The Morgan fingerprint density at radius 1 is 0.677 bits per heavy atom. The van der Waals surface area contributed by atoms with Gasteiger partial charge in [0.25, 0.3) is 0 Å². The van der Waals surface area contributed by atoms with Gasteiger partial charge in [0.05, 0.1) is 18.1 Å². The van der Waals surface area contributed by atoms with Gasteiger partial charge in [-0.25, -0.2) is 4.79 Å². The molecule has 2 rings (SSSR count). The number of carboxylic acids is 1. The first-order valence-electron chi connectivity index (χ1n) is 11.1. The van der Waals surface area contributed by atoms with Crippen molar-refractivity contribution in [3.8, 4) is 0 Å². The fourth-order valence-corrected chi connectivity index (χ4v) is 2.99. The number of esters is 1. The summed E-state index contributed by atoms with van der Waals surface area (Å²) >= 11 is 0. The quantitative estimate of drug-likeness (QED) is 0.276. The standard InChI is InChI=1S/C19H30O2.C7H6O2.Na/c1-2-3-4-5-6-7-8-9-10-14-17-21-19(20)18-15-12-11-13-16-18;8-7(9)6-4-2-1-3-5-6;/h11-13,15-16H,2-10,14,17H2,1H3;1-5H,(H,8,9);/q;;+1/p-1. The van der Waals surface area contributed by atoms with Crippen molar-refractivity contribution < 1.29 is 49.0 Å². The number of carbonyl (C=O) groups is 2. The van der Waals surface area contributed by atoms with Gasteiger partial charge in [0, 0.05) is 0 Å². The Hall–Kier alpha value is -1.62. The molecular weight excluding hydrogens is 399 g/mol. The first-order valence-corrected chi connectivity index (χ1v) is 11.1. The van der Waals surface area contributed by atoms with E-state index >= 15 is 0 Å². The Bertz CT molecular complexity index is 689. The van der Waals surface area contributed by atoms with Crippen molar-refractivity contribution in [3.63, 3.8) is 0 Å². The molecule has 0 saturated heterocycles. The first-order chi connectivity index (χ1) is 14.6. The SMILES string of the molecule is CCCCCCCCCCCCOC(=O)c1ccccc1.O=C([O-])c1ccccc1.[Na+]. The Morgan fingerprint density at radius 3 is 1.52 bits per heavy atom. The molecule has 0 unspecified atom stereocenters. The van der Waals surface area contributed by atoms with Crippen molar-refractivity contribution in [2.75, 3.05) is 6.61 Å². The third-order valence-corrected chi connectivity index (χ3v) is 4.75. The van der Waals surface area contributed by atoms with Crippen molar-refractivity contribution >= 4 is 11.9 Å². The zero-order valence-corrected chi connectivity index (χ0v) is 21.2. The largest absolute Gasteiger partial charge is 1.00 e. The topological polar surface area (TPSA) is 66.4 Å². The fraction of sp³-hybridized carbons (Fsp3) is 0.462. The van der Waals surface area contributed by atoms with E-state index in [1.54, 1.807) is 30.3 Å². The molecule has 0 radical (unpaired) electrons. The maximum absolute atomic E-state index is 11.7. The molecule has 2 aromatic rings. The summed E-state index contributed by atoms with van der Waals surface area (Å²) in [5.41, 5.74) is 0.863. The van der Waals surface area contributed by atoms with Gasteiger partial charge in [0.15, 0.2) is 0 Å². The van der Waals surface area contributed by atoms with Gasteiger partial charge in [-0.05, 0) is 24.1 Å². The van der Waals surface area contributed by atoms with Crippen LogP contribution in [0.3, 0.4) is 0 Å². The Kier molecular flexibility index (Phi) is 19.2. The molecule has 0 atom stereocenters. The summed E-state index contributed by atoms with van der Waals surface area (Å²) in [4.78, 5) is 21.8. The van der Waals surface area contributed by atoms with Gasteiger partial charge < -0.3 is 14.6 Å². The number of carbonyl (C=O) groups excluding carboxylic acids is 2. The van der Waals surface area contributed by atoms with Crippen LogP contribution in [0.5, 0.6) is 0 Å². The van der Waals surface area contributed by atoms with Crippen LogP contribution in [0.15, 0.2) is 60.7 Å². The van der Waals surface area contributed by atoms with Gasteiger partial charge in [-0.1, -0.05) is 113 Å². The number of hydrogen-bond donors (Lipinski definition) is 0. The van der Waals surface area contributed by atoms with Crippen LogP contribution in [0, 0.1) is 0 Å². The van der Waals surface area contributed by atoms with Crippen molar-refractivity contribution in [1.29, 1.82) is 0 Å². The Labute approximate surface area is 209 Å². The van der Waals surface area contributed by atoms with Crippen LogP contribution in [-0.4, -0.2) is 18.5 Å². The number of aromatic carboxylic acids is 1. The molecule has 5 heteroatoms. The van der Waals surface area contributed by atoms with Crippen LogP contribution in [-0.2, 0) is 4.74 Å². The van der Waals surface area contributed by atoms with E-state index in [-0.39, 0.29) is 41.1 Å². The number of rotatable bonds is 13. The minimum absolute atomic E-state index is 0. The summed E-state index contributed by atoms with van der Waals surface area (Å²) in [6.45, 7) is 2.80. The molecule has 0 aromatic heterocycles. The second-order valence-electron chi connectivity index (χ2n) is 7.34. The molecule has 31 heavy (non-hydrogen) atoms. The smallest absolute Gasteiger partial charge is 0.545 e. The summed E-state index contributed by atoms with van der Waals surface area (Å²) in [5.74, 6) is -1.33. The average molecular weight is 435 g/mol. The number of ether oxygens (including phenoxy) is 1. The molecule has 0 spiro atoms. The van der Waals surface area contributed by atoms with Crippen LogP contribution >= 0.6 is 0 Å². The third kappa shape index (κ3) is 15.8. The number of unbranched alkanes of at least 4 members (excludes halogenated alkanes) is 9. The van der Waals surface area contributed by atoms with Gasteiger partial charge in [0.2, 0.25) is 0 Å². The van der Waals surface area contributed by atoms with Crippen LogP contribution in [0.1, 0.15) is 91.8 Å². The van der Waals surface area contributed by atoms with Crippen molar-refractivity contribution in [3.05, 3.63) is 71.8 Å². The maximum atomic E-state index is 11.7. The molecule has 0 amide bonds. The molecule has 4 nitrogen and oxygen atoms in total. The number of hydrogen-bond acceptors (Lipinski definition) is 4. The summed E-state index contributed by atoms with van der Waals surface area (Å²) in [7, 11) is 0.